The SMILES string of the molecule is CCOC(=O)c1c(-c2ccccc2)cc(-c2ccccc2)[o+]c1C.[O-][Cl+3]([O-])([O-])[O-]. The molecule has 1 heterocycles. The molecule has 0 unspecified atom stereocenters. The fourth-order valence-electron chi connectivity index (χ4n) is 2.69. The van der Waals surface area contributed by atoms with Crippen LogP contribution in [0.2, 0.25) is 0 Å². The molecular formula is C21H19ClO7. The molecule has 0 bridgehead atoms. The van der Waals surface area contributed by atoms with Gasteiger partial charge in [-0.15, -0.1) is 10.2 Å². The summed E-state index contributed by atoms with van der Waals surface area (Å²) in [6, 6.07) is 21.6. The van der Waals surface area contributed by atoms with Gasteiger partial charge in [0.05, 0.1) is 25.2 Å². The monoisotopic (exact) mass is 418 g/mol. The van der Waals surface area contributed by atoms with Gasteiger partial charge in [-0.05, 0) is 24.6 Å². The maximum absolute atomic E-state index is 12.4. The van der Waals surface area contributed by atoms with Gasteiger partial charge in [-0.25, -0.2) is 27.8 Å². The van der Waals surface area contributed by atoms with Gasteiger partial charge in [0.25, 0.3) is 0 Å². The molecule has 0 saturated carbocycles. The molecule has 0 saturated heterocycles. The van der Waals surface area contributed by atoms with Crippen molar-refractivity contribution in [3.63, 3.8) is 0 Å². The molecule has 8 heteroatoms. The van der Waals surface area contributed by atoms with Crippen LogP contribution in [0, 0.1) is 17.2 Å². The molecule has 3 aromatic rings. The third-order valence-corrected chi connectivity index (χ3v) is 3.78. The van der Waals surface area contributed by atoms with Gasteiger partial charge in [0, 0.05) is 5.56 Å². The van der Waals surface area contributed by atoms with E-state index in [4.69, 9.17) is 27.8 Å². The summed E-state index contributed by atoms with van der Waals surface area (Å²) in [5.41, 5.74) is 3.21. The minimum absolute atomic E-state index is 0.326. The van der Waals surface area contributed by atoms with Crippen LogP contribution < -0.4 is 18.6 Å². The molecule has 0 fully saturated rings. The Hall–Kier alpha value is -2.81. The Balaban J connectivity index is 0.000000537. The van der Waals surface area contributed by atoms with Crippen LogP contribution in [0.1, 0.15) is 23.0 Å². The number of hydrogen-bond donors (Lipinski definition) is 0. The van der Waals surface area contributed by atoms with Crippen LogP contribution in [0.5, 0.6) is 0 Å². The molecule has 2 aromatic carbocycles. The summed E-state index contributed by atoms with van der Waals surface area (Å²) in [5, 5.41) is 0. The van der Waals surface area contributed by atoms with E-state index in [1.165, 1.54) is 0 Å². The number of carbonyl (C=O) groups excluding carboxylic acids is 1. The summed E-state index contributed by atoms with van der Waals surface area (Å²) in [7, 11) is -4.94. The lowest BCUT2D eigenvalue weighted by Crippen LogP contribution is -2.68. The lowest BCUT2D eigenvalue weighted by molar-refractivity contribution is -2.00. The van der Waals surface area contributed by atoms with E-state index in [9.17, 15) is 4.79 Å². The van der Waals surface area contributed by atoms with Crippen molar-refractivity contribution in [1.82, 2.24) is 0 Å². The Kier molecular flexibility index (Phi) is 7.83. The molecule has 0 amide bonds. The van der Waals surface area contributed by atoms with Gasteiger partial charge in [-0.3, -0.25) is 0 Å². The maximum Gasteiger partial charge on any atom is 0.360 e. The number of aryl methyl sites for hydroxylation is 1. The van der Waals surface area contributed by atoms with Crippen molar-refractivity contribution < 1.29 is 42.8 Å². The Morgan fingerprint density at radius 3 is 1.90 bits per heavy atom. The number of hydrogen-bond acceptors (Lipinski definition) is 6. The molecule has 0 N–H and O–H groups in total. The zero-order valence-electron chi connectivity index (χ0n) is 15.8. The Bertz CT molecular complexity index is 932. The van der Waals surface area contributed by atoms with E-state index >= 15 is 0 Å². The number of benzene rings is 2. The summed E-state index contributed by atoms with van der Waals surface area (Å²) in [6.45, 7) is 3.92. The molecular weight excluding hydrogens is 400 g/mol. The predicted octanol–water partition coefficient (Wildman–Crippen LogP) is 0.624. The van der Waals surface area contributed by atoms with Gasteiger partial charge >= 0.3 is 17.5 Å². The number of rotatable bonds is 4. The number of ether oxygens (including phenoxy) is 1. The van der Waals surface area contributed by atoms with Crippen LogP contribution in [0.15, 0.2) is 71.1 Å². The van der Waals surface area contributed by atoms with E-state index in [0.717, 1.165) is 22.5 Å². The highest BCUT2D eigenvalue weighted by atomic mass is 35.7. The zero-order chi connectivity index (χ0) is 21.4. The highest BCUT2D eigenvalue weighted by Gasteiger charge is 2.28. The second kappa shape index (κ2) is 10.1. The van der Waals surface area contributed by atoms with Crippen molar-refractivity contribution in [1.29, 1.82) is 0 Å². The normalized spacial score (nSPS) is 10.7. The number of halogens is 1. The van der Waals surface area contributed by atoms with Gasteiger partial charge in [0.15, 0.2) is 5.56 Å². The molecule has 1 aromatic heterocycles. The van der Waals surface area contributed by atoms with Crippen molar-refractivity contribution in [3.05, 3.63) is 78.1 Å². The van der Waals surface area contributed by atoms with Crippen LogP contribution in [-0.4, -0.2) is 12.6 Å². The first-order valence-electron chi connectivity index (χ1n) is 8.58. The Morgan fingerprint density at radius 2 is 1.41 bits per heavy atom. The van der Waals surface area contributed by atoms with Crippen molar-refractivity contribution >= 4 is 5.97 Å². The van der Waals surface area contributed by atoms with Gasteiger partial charge in [0.2, 0.25) is 0 Å². The van der Waals surface area contributed by atoms with Gasteiger partial charge < -0.3 is 4.74 Å². The van der Waals surface area contributed by atoms with E-state index < -0.39 is 10.2 Å². The molecule has 152 valence electrons. The lowest BCUT2D eigenvalue weighted by atomic mass is 9.98. The average molecular weight is 419 g/mol. The van der Waals surface area contributed by atoms with Crippen LogP contribution >= 0.6 is 0 Å². The Morgan fingerprint density at radius 1 is 0.931 bits per heavy atom. The fourth-order valence-corrected chi connectivity index (χ4v) is 2.69. The molecule has 0 atom stereocenters. The largest absolute Gasteiger partial charge is 0.462 e. The van der Waals surface area contributed by atoms with Crippen molar-refractivity contribution in [2.24, 2.45) is 0 Å². The van der Waals surface area contributed by atoms with E-state index in [0.29, 0.717) is 17.9 Å². The summed E-state index contributed by atoms with van der Waals surface area (Å²) in [4.78, 5) is 12.4. The van der Waals surface area contributed by atoms with E-state index in [1.54, 1.807) is 13.8 Å². The van der Waals surface area contributed by atoms with E-state index in [1.807, 2.05) is 66.7 Å². The minimum atomic E-state index is -4.94. The minimum Gasteiger partial charge on any atom is -0.462 e. The van der Waals surface area contributed by atoms with Gasteiger partial charge in [-0.1, -0.05) is 48.5 Å². The van der Waals surface area contributed by atoms with E-state index in [-0.39, 0.29) is 5.97 Å². The molecule has 0 radical (unpaired) electrons. The second-order valence-corrected chi connectivity index (χ2v) is 6.54. The van der Waals surface area contributed by atoms with E-state index in [2.05, 4.69) is 0 Å². The molecule has 3 rings (SSSR count). The number of esters is 1. The summed E-state index contributed by atoms with van der Waals surface area (Å²) >= 11 is 0. The lowest BCUT2D eigenvalue weighted by Gasteiger charge is -2.17. The first-order valence-corrected chi connectivity index (χ1v) is 9.81. The molecule has 0 aliphatic carbocycles. The van der Waals surface area contributed by atoms with Gasteiger partial charge in [0.1, 0.15) is 0 Å². The molecule has 0 aliphatic rings. The van der Waals surface area contributed by atoms with Gasteiger partial charge in [-0.2, -0.15) is 0 Å². The quantitative estimate of drug-likeness (QED) is 0.448. The first kappa shape index (κ1) is 22.5. The smallest absolute Gasteiger partial charge is 0.360 e. The molecule has 29 heavy (non-hydrogen) atoms. The van der Waals surface area contributed by atoms with Crippen molar-refractivity contribution in [3.8, 4) is 22.5 Å². The maximum atomic E-state index is 12.4. The highest BCUT2D eigenvalue weighted by molar-refractivity contribution is 5.98. The third-order valence-electron chi connectivity index (χ3n) is 3.78. The third kappa shape index (κ3) is 6.94. The summed E-state index contributed by atoms with van der Waals surface area (Å²) < 4.78 is 45.1. The summed E-state index contributed by atoms with van der Waals surface area (Å²) in [5.74, 6) is 0.908. The first-order chi connectivity index (χ1) is 13.7. The summed E-state index contributed by atoms with van der Waals surface area (Å²) in [6.07, 6.45) is 0. The second-order valence-electron chi connectivity index (χ2n) is 5.79. The van der Waals surface area contributed by atoms with Crippen LogP contribution in [0.25, 0.3) is 22.5 Å². The molecule has 0 aliphatic heterocycles. The fraction of sp³-hybridized carbons (Fsp3) is 0.143. The number of carbonyl (C=O) groups is 1. The van der Waals surface area contributed by atoms with Crippen molar-refractivity contribution in [2.75, 3.05) is 6.61 Å². The predicted molar refractivity (Wildman–Crippen MR) is 94.7 cm³/mol. The van der Waals surface area contributed by atoms with Crippen LogP contribution in [0.4, 0.5) is 0 Å². The van der Waals surface area contributed by atoms with Crippen LogP contribution in [-0.2, 0) is 4.74 Å². The topological polar surface area (TPSA) is 130 Å². The van der Waals surface area contributed by atoms with Crippen molar-refractivity contribution in [2.45, 2.75) is 13.8 Å². The average Bonchev–Trinajstić information content (AvgIpc) is 2.67. The van der Waals surface area contributed by atoms with Crippen LogP contribution in [0.3, 0.4) is 0 Å². The zero-order valence-corrected chi connectivity index (χ0v) is 16.5. The molecule has 0 spiro atoms. The Labute approximate surface area is 170 Å². The highest BCUT2D eigenvalue weighted by Crippen LogP contribution is 2.32. The molecule has 7 nitrogen and oxygen atoms in total. The standard InChI is InChI=1S/C21H19O3.ClHO4/c1-3-23-21(22)20-15(2)24-19(17-12-8-5-9-13-17)14-18(20)16-10-6-4-7-11-16;2-1(3,4)5/h4-14H,3H2,1-2H3;(H,2,3,4,5)/q+1;/p-1.